The van der Waals surface area contributed by atoms with Crippen LogP contribution in [0.4, 0.5) is 10.7 Å². The number of carbonyl (C=O) groups is 1. The third-order valence-corrected chi connectivity index (χ3v) is 4.42. The normalized spacial score (nSPS) is 24.0. The smallest absolute Gasteiger partial charge is 0.410 e. The van der Waals surface area contributed by atoms with Crippen molar-refractivity contribution in [3.8, 4) is 5.75 Å². The fourth-order valence-electron chi connectivity index (χ4n) is 3.31. The fourth-order valence-corrected chi connectivity index (χ4v) is 3.31. The number of ether oxygens (including phenoxy) is 1. The summed E-state index contributed by atoms with van der Waals surface area (Å²) in [6, 6.07) is 0.407. The average molecular weight is 350 g/mol. The highest BCUT2D eigenvalue weighted by Gasteiger charge is 2.39. The van der Waals surface area contributed by atoms with Gasteiger partial charge in [-0.15, -0.1) is 0 Å². The van der Waals surface area contributed by atoms with Gasteiger partial charge in [-0.05, 0) is 46.5 Å². The summed E-state index contributed by atoms with van der Waals surface area (Å²) < 4.78 is 5.62. The zero-order valence-corrected chi connectivity index (χ0v) is 15.8. The maximum absolute atomic E-state index is 12.7. The Morgan fingerprint density at radius 2 is 1.76 bits per heavy atom. The van der Waals surface area contributed by atoms with Gasteiger partial charge in [-0.2, -0.15) is 0 Å². The van der Waals surface area contributed by atoms with Gasteiger partial charge in [-0.25, -0.2) is 14.8 Å². The molecule has 1 aliphatic rings. The van der Waals surface area contributed by atoms with Gasteiger partial charge in [0.15, 0.2) is 5.75 Å². The van der Waals surface area contributed by atoms with Crippen molar-refractivity contribution in [3.63, 3.8) is 0 Å². The maximum atomic E-state index is 12.7. The SMILES string of the molecule is CCC1CC(Nc2ncc(O)cn2)CC(CC)N1C(=O)OC(C)(C)C. The van der Waals surface area contributed by atoms with Crippen molar-refractivity contribution in [2.45, 2.75) is 84.0 Å². The molecular weight excluding hydrogens is 320 g/mol. The Bertz CT molecular complexity index is 557. The van der Waals surface area contributed by atoms with E-state index in [4.69, 9.17) is 4.74 Å². The lowest BCUT2D eigenvalue weighted by molar-refractivity contribution is -0.00812. The molecule has 2 rings (SSSR count). The predicted molar refractivity (Wildman–Crippen MR) is 96.6 cm³/mol. The molecule has 0 aromatic carbocycles. The van der Waals surface area contributed by atoms with Crippen molar-refractivity contribution in [2.75, 3.05) is 5.32 Å². The number of nitrogens with zero attached hydrogens (tertiary/aromatic N) is 3. The molecule has 0 spiro atoms. The largest absolute Gasteiger partial charge is 0.505 e. The standard InChI is InChI=1S/C18H30N4O3/c1-6-13-8-12(21-16-19-10-15(23)11-20-16)9-14(7-2)22(13)17(24)25-18(3,4)5/h10-14,23H,6-9H2,1-5H3,(H,19,20,21). The highest BCUT2D eigenvalue weighted by Crippen LogP contribution is 2.30. The van der Waals surface area contributed by atoms with Gasteiger partial charge in [0, 0.05) is 18.1 Å². The minimum atomic E-state index is -0.497. The summed E-state index contributed by atoms with van der Waals surface area (Å²) >= 11 is 0. The minimum Gasteiger partial charge on any atom is -0.505 e. The van der Waals surface area contributed by atoms with E-state index in [0.717, 1.165) is 25.7 Å². The number of aromatic hydroxyl groups is 1. The van der Waals surface area contributed by atoms with Gasteiger partial charge in [0.05, 0.1) is 12.4 Å². The number of hydrogen-bond acceptors (Lipinski definition) is 6. The van der Waals surface area contributed by atoms with Crippen LogP contribution in [0.1, 0.15) is 60.3 Å². The Morgan fingerprint density at radius 1 is 1.24 bits per heavy atom. The molecule has 2 N–H and O–H groups in total. The summed E-state index contributed by atoms with van der Waals surface area (Å²) in [5.74, 6) is 0.543. The average Bonchev–Trinajstić information content (AvgIpc) is 2.54. The number of piperidine rings is 1. The number of hydrogen-bond donors (Lipinski definition) is 2. The number of nitrogens with one attached hydrogen (secondary N) is 1. The summed E-state index contributed by atoms with van der Waals surface area (Å²) in [6.07, 6.45) is 5.88. The Balaban J connectivity index is 2.10. The summed E-state index contributed by atoms with van der Waals surface area (Å²) in [6.45, 7) is 9.86. The molecule has 140 valence electrons. The zero-order valence-electron chi connectivity index (χ0n) is 15.8. The van der Waals surface area contributed by atoms with E-state index in [9.17, 15) is 9.90 Å². The first kappa shape index (κ1) is 19.3. The third-order valence-electron chi connectivity index (χ3n) is 4.42. The Hall–Kier alpha value is -2.05. The van der Waals surface area contributed by atoms with Crippen molar-refractivity contribution in [1.82, 2.24) is 14.9 Å². The van der Waals surface area contributed by atoms with Crippen LogP contribution in [0.15, 0.2) is 12.4 Å². The number of amides is 1. The van der Waals surface area contributed by atoms with Gasteiger partial charge in [0.2, 0.25) is 5.95 Å². The summed E-state index contributed by atoms with van der Waals surface area (Å²) in [5, 5.41) is 12.6. The molecule has 2 heterocycles. The summed E-state index contributed by atoms with van der Waals surface area (Å²) in [5.41, 5.74) is -0.497. The first-order chi connectivity index (χ1) is 11.7. The monoisotopic (exact) mass is 350 g/mol. The highest BCUT2D eigenvalue weighted by atomic mass is 16.6. The van der Waals surface area contributed by atoms with Crippen LogP contribution in [-0.4, -0.2) is 49.8 Å². The predicted octanol–water partition coefficient (Wildman–Crippen LogP) is 3.55. The Morgan fingerprint density at radius 3 is 2.20 bits per heavy atom. The molecule has 1 aliphatic heterocycles. The van der Waals surface area contributed by atoms with E-state index >= 15 is 0 Å². The Labute approximate surface area is 149 Å². The van der Waals surface area contributed by atoms with E-state index in [1.807, 2.05) is 25.7 Å². The second kappa shape index (κ2) is 7.89. The van der Waals surface area contributed by atoms with Crippen LogP contribution in [0.3, 0.4) is 0 Å². The molecule has 1 aromatic rings. The molecule has 1 fully saturated rings. The van der Waals surface area contributed by atoms with E-state index in [1.54, 1.807) is 0 Å². The van der Waals surface area contributed by atoms with Gasteiger partial charge >= 0.3 is 6.09 Å². The van der Waals surface area contributed by atoms with Crippen molar-refractivity contribution in [1.29, 1.82) is 0 Å². The summed E-state index contributed by atoms with van der Waals surface area (Å²) in [4.78, 5) is 22.8. The lowest BCUT2D eigenvalue weighted by Gasteiger charge is -2.45. The van der Waals surface area contributed by atoms with Crippen molar-refractivity contribution >= 4 is 12.0 Å². The molecule has 0 bridgehead atoms. The van der Waals surface area contributed by atoms with Crippen LogP contribution in [0.25, 0.3) is 0 Å². The van der Waals surface area contributed by atoms with Crippen LogP contribution in [0.2, 0.25) is 0 Å². The van der Waals surface area contributed by atoms with Gasteiger partial charge in [0.1, 0.15) is 5.60 Å². The van der Waals surface area contributed by atoms with Crippen LogP contribution in [0, 0.1) is 0 Å². The molecule has 0 saturated carbocycles. The van der Waals surface area contributed by atoms with Crippen molar-refractivity contribution < 1.29 is 14.6 Å². The van der Waals surface area contributed by atoms with Crippen LogP contribution in [-0.2, 0) is 4.74 Å². The number of likely N-dealkylation sites (tertiary alicyclic amines) is 1. The Kier molecular flexibility index (Phi) is 6.08. The lowest BCUT2D eigenvalue weighted by Crippen LogP contribution is -2.55. The summed E-state index contributed by atoms with van der Waals surface area (Å²) in [7, 11) is 0. The molecule has 1 aromatic heterocycles. The van der Waals surface area contributed by atoms with Crippen LogP contribution < -0.4 is 5.32 Å². The lowest BCUT2D eigenvalue weighted by atomic mass is 9.89. The molecule has 2 atom stereocenters. The molecule has 2 unspecified atom stereocenters. The first-order valence-electron chi connectivity index (χ1n) is 9.02. The molecule has 25 heavy (non-hydrogen) atoms. The molecule has 0 radical (unpaired) electrons. The van der Waals surface area contributed by atoms with Crippen molar-refractivity contribution in [3.05, 3.63) is 12.4 Å². The molecule has 1 saturated heterocycles. The van der Waals surface area contributed by atoms with Gasteiger partial charge in [-0.3, -0.25) is 0 Å². The fraction of sp³-hybridized carbons (Fsp3) is 0.722. The number of aromatic nitrogens is 2. The number of anilines is 1. The molecule has 7 nitrogen and oxygen atoms in total. The second-order valence-corrected chi connectivity index (χ2v) is 7.59. The highest BCUT2D eigenvalue weighted by molar-refractivity contribution is 5.69. The second-order valence-electron chi connectivity index (χ2n) is 7.59. The molecular formula is C18H30N4O3. The van der Waals surface area contributed by atoms with Gasteiger partial charge < -0.3 is 20.1 Å². The quantitative estimate of drug-likeness (QED) is 0.863. The first-order valence-corrected chi connectivity index (χ1v) is 9.02. The van der Waals surface area contributed by atoms with E-state index in [-0.39, 0.29) is 30.0 Å². The molecule has 1 amide bonds. The topological polar surface area (TPSA) is 87.6 Å². The van der Waals surface area contributed by atoms with Crippen molar-refractivity contribution in [2.24, 2.45) is 0 Å². The van der Waals surface area contributed by atoms with Crippen LogP contribution in [0.5, 0.6) is 5.75 Å². The van der Waals surface area contributed by atoms with E-state index in [0.29, 0.717) is 5.95 Å². The minimum absolute atomic E-state index is 0.0446. The molecule has 7 heteroatoms. The third kappa shape index (κ3) is 5.21. The van der Waals surface area contributed by atoms with E-state index < -0.39 is 5.60 Å². The van der Waals surface area contributed by atoms with Gasteiger partial charge in [0.25, 0.3) is 0 Å². The van der Waals surface area contributed by atoms with E-state index in [1.165, 1.54) is 12.4 Å². The number of rotatable bonds is 4. The zero-order chi connectivity index (χ0) is 18.6. The number of carbonyl (C=O) groups excluding carboxylic acids is 1. The molecule has 0 aliphatic carbocycles. The van der Waals surface area contributed by atoms with Gasteiger partial charge in [-0.1, -0.05) is 13.8 Å². The van der Waals surface area contributed by atoms with E-state index in [2.05, 4.69) is 29.1 Å². The maximum Gasteiger partial charge on any atom is 0.410 e. The van der Waals surface area contributed by atoms with Crippen LogP contribution >= 0.6 is 0 Å².